The molecule has 1 fully saturated rings. The van der Waals surface area contributed by atoms with Gasteiger partial charge in [-0.25, -0.2) is 9.78 Å². The van der Waals surface area contributed by atoms with Gasteiger partial charge in [-0.3, -0.25) is 0 Å². The van der Waals surface area contributed by atoms with Gasteiger partial charge in [0.05, 0.1) is 12.2 Å². The van der Waals surface area contributed by atoms with Crippen LogP contribution in [0.2, 0.25) is 0 Å². The molecule has 1 aliphatic heterocycles. The lowest BCUT2D eigenvalue weighted by molar-refractivity contribution is -0.131. The third kappa shape index (κ3) is 7.23. The van der Waals surface area contributed by atoms with E-state index >= 15 is 0 Å². The number of carboxylic acids is 1. The molecule has 3 atom stereocenters. The number of nitrogens with zero attached hydrogens (tertiary/aromatic N) is 1. The molecule has 0 aromatic carbocycles. The molecule has 2 N–H and O–H groups in total. The van der Waals surface area contributed by atoms with Crippen molar-refractivity contribution in [3.8, 4) is 0 Å². The number of aromatic nitrogens is 1. The van der Waals surface area contributed by atoms with Crippen LogP contribution in [0, 0.1) is 0 Å². The summed E-state index contributed by atoms with van der Waals surface area (Å²) in [4.78, 5) is 14.5. The third-order valence-corrected chi connectivity index (χ3v) is 4.35. The van der Waals surface area contributed by atoms with Crippen LogP contribution in [0.3, 0.4) is 0 Å². The Labute approximate surface area is 148 Å². The van der Waals surface area contributed by atoms with E-state index in [0.717, 1.165) is 49.4 Å². The van der Waals surface area contributed by atoms with E-state index in [2.05, 4.69) is 11.6 Å². The molecular weight excluding hydrogens is 322 g/mol. The zero-order chi connectivity index (χ0) is 18.1. The van der Waals surface area contributed by atoms with Crippen molar-refractivity contribution in [2.75, 3.05) is 0 Å². The highest BCUT2D eigenvalue weighted by atomic mass is 16.5. The van der Waals surface area contributed by atoms with Crippen LogP contribution < -0.4 is 0 Å². The molecule has 0 saturated carbocycles. The minimum atomic E-state index is -0.925. The zero-order valence-corrected chi connectivity index (χ0v) is 14.5. The van der Waals surface area contributed by atoms with Crippen LogP contribution in [0.1, 0.15) is 63.2 Å². The van der Waals surface area contributed by atoms with Gasteiger partial charge in [0.1, 0.15) is 18.1 Å². The Kier molecular flexibility index (Phi) is 7.88. The molecule has 1 aromatic rings. The molecule has 3 unspecified atom stereocenters. The number of hydrogen-bond acceptors (Lipinski definition) is 5. The molecule has 1 aliphatic rings. The summed E-state index contributed by atoms with van der Waals surface area (Å²) < 4.78 is 11.1. The Morgan fingerprint density at radius 2 is 2.32 bits per heavy atom. The summed E-state index contributed by atoms with van der Waals surface area (Å²) in [7, 11) is 0. The first-order valence-corrected chi connectivity index (χ1v) is 8.82. The van der Waals surface area contributed by atoms with E-state index in [4.69, 9.17) is 14.3 Å². The van der Waals surface area contributed by atoms with Gasteiger partial charge in [0.2, 0.25) is 0 Å². The Bertz CT molecular complexity index is 566. The smallest absolute Gasteiger partial charge is 0.327 e. The van der Waals surface area contributed by atoms with Crippen molar-refractivity contribution in [1.29, 1.82) is 0 Å². The van der Waals surface area contributed by atoms with Crippen molar-refractivity contribution >= 4 is 5.97 Å². The molecular formula is C19H27NO5. The summed E-state index contributed by atoms with van der Waals surface area (Å²) in [5, 5.41) is 18.8. The van der Waals surface area contributed by atoms with Crippen LogP contribution in [0.15, 0.2) is 41.4 Å². The van der Waals surface area contributed by atoms with Crippen molar-refractivity contribution in [2.24, 2.45) is 0 Å². The van der Waals surface area contributed by atoms with E-state index in [1.54, 1.807) is 12.3 Å². The molecule has 0 bridgehead atoms. The van der Waals surface area contributed by atoms with Crippen molar-refractivity contribution in [3.63, 3.8) is 0 Å². The third-order valence-electron chi connectivity index (χ3n) is 4.35. The molecule has 0 aliphatic carbocycles. The maximum absolute atomic E-state index is 10.4. The van der Waals surface area contributed by atoms with E-state index in [1.165, 1.54) is 6.39 Å². The molecule has 2 rings (SSSR count). The van der Waals surface area contributed by atoms with E-state index < -0.39 is 12.1 Å². The van der Waals surface area contributed by atoms with Crippen LogP contribution in [0.5, 0.6) is 0 Å². The van der Waals surface area contributed by atoms with Gasteiger partial charge in [0, 0.05) is 6.08 Å². The minimum Gasteiger partial charge on any atom is -0.478 e. The maximum Gasteiger partial charge on any atom is 0.327 e. The van der Waals surface area contributed by atoms with Crippen molar-refractivity contribution in [1.82, 2.24) is 4.98 Å². The number of aliphatic hydroxyl groups is 1. The topological polar surface area (TPSA) is 92.8 Å². The normalized spacial score (nSPS) is 22.1. The summed E-state index contributed by atoms with van der Waals surface area (Å²) in [5.41, 5.74) is 1.80. The highest BCUT2D eigenvalue weighted by molar-refractivity contribution is 5.79. The van der Waals surface area contributed by atoms with Gasteiger partial charge >= 0.3 is 5.97 Å². The maximum atomic E-state index is 10.4. The summed E-state index contributed by atoms with van der Waals surface area (Å²) in [6.45, 7) is 4.01. The molecule has 25 heavy (non-hydrogen) atoms. The Balaban J connectivity index is 1.66. The zero-order valence-electron chi connectivity index (χ0n) is 14.5. The van der Waals surface area contributed by atoms with Gasteiger partial charge in [-0.15, -0.1) is 0 Å². The number of hydrogen-bond donors (Lipinski definition) is 2. The lowest BCUT2D eigenvalue weighted by atomic mass is 9.95. The SMILES string of the molecule is C=C(CCC/C=C\C(=O)O)CC(O)CC1CCCC(c2cocn2)O1. The molecule has 1 saturated heterocycles. The summed E-state index contributed by atoms with van der Waals surface area (Å²) in [5.74, 6) is -0.925. The van der Waals surface area contributed by atoms with Gasteiger partial charge in [-0.05, 0) is 51.4 Å². The second-order valence-electron chi connectivity index (χ2n) is 6.57. The van der Waals surface area contributed by atoms with Gasteiger partial charge in [-0.2, -0.15) is 0 Å². The number of ether oxygens (including phenoxy) is 1. The van der Waals surface area contributed by atoms with Gasteiger partial charge in [-0.1, -0.05) is 18.2 Å². The minimum absolute atomic E-state index is 0.0248. The van der Waals surface area contributed by atoms with Gasteiger partial charge < -0.3 is 19.4 Å². The fourth-order valence-electron chi connectivity index (χ4n) is 3.15. The van der Waals surface area contributed by atoms with E-state index in [0.29, 0.717) is 19.3 Å². The van der Waals surface area contributed by atoms with Gasteiger partial charge in [0.25, 0.3) is 0 Å². The lowest BCUT2D eigenvalue weighted by Crippen LogP contribution is -2.27. The van der Waals surface area contributed by atoms with Crippen LogP contribution >= 0.6 is 0 Å². The molecule has 6 nitrogen and oxygen atoms in total. The first-order valence-electron chi connectivity index (χ1n) is 8.82. The first kappa shape index (κ1) is 19.4. The monoisotopic (exact) mass is 349 g/mol. The number of unbranched alkanes of at least 4 members (excludes halogenated alkanes) is 1. The number of oxazole rings is 1. The molecule has 0 radical (unpaired) electrons. The molecule has 2 heterocycles. The molecule has 0 amide bonds. The highest BCUT2D eigenvalue weighted by Crippen LogP contribution is 2.32. The van der Waals surface area contributed by atoms with Crippen molar-refractivity contribution < 1.29 is 24.2 Å². The van der Waals surface area contributed by atoms with Crippen molar-refractivity contribution in [3.05, 3.63) is 42.7 Å². The fraction of sp³-hybridized carbons (Fsp3) is 0.579. The van der Waals surface area contributed by atoms with Crippen LogP contribution in [0.4, 0.5) is 0 Å². The lowest BCUT2D eigenvalue weighted by Gasteiger charge is -2.30. The van der Waals surface area contributed by atoms with E-state index in [9.17, 15) is 9.90 Å². The average molecular weight is 349 g/mol. The van der Waals surface area contributed by atoms with Crippen LogP contribution in [-0.2, 0) is 9.53 Å². The van der Waals surface area contributed by atoms with E-state index in [1.807, 2.05) is 0 Å². The average Bonchev–Trinajstić information content (AvgIpc) is 3.08. The highest BCUT2D eigenvalue weighted by Gasteiger charge is 2.27. The predicted octanol–water partition coefficient (Wildman–Crippen LogP) is 3.79. The summed E-state index contributed by atoms with van der Waals surface area (Å²) in [6.07, 6.45) is 11.7. The standard InChI is InChI=1S/C19H27NO5/c1-14(6-3-2-4-9-19(22)23)10-15(21)11-16-7-5-8-18(25-16)17-12-24-13-20-17/h4,9,12-13,15-16,18,21H,1-3,5-8,10-11H2,(H,22,23)/b9-4-. The van der Waals surface area contributed by atoms with Crippen molar-refractivity contribution in [2.45, 2.75) is 69.7 Å². The number of carbonyl (C=O) groups is 1. The number of aliphatic hydroxyl groups excluding tert-OH is 1. The number of aliphatic carboxylic acids is 1. The summed E-state index contributed by atoms with van der Waals surface area (Å²) >= 11 is 0. The van der Waals surface area contributed by atoms with Gasteiger partial charge in [0.15, 0.2) is 6.39 Å². The Morgan fingerprint density at radius 3 is 3.04 bits per heavy atom. The number of rotatable bonds is 10. The number of carboxylic acid groups (broad SMARTS) is 1. The van der Waals surface area contributed by atoms with E-state index in [-0.39, 0.29) is 12.2 Å². The fourth-order valence-corrected chi connectivity index (χ4v) is 3.15. The predicted molar refractivity (Wildman–Crippen MR) is 93.0 cm³/mol. The quantitative estimate of drug-likeness (QED) is 0.379. The second-order valence-corrected chi connectivity index (χ2v) is 6.57. The first-order chi connectivity index (χ1) is 12.0. The molecule has 6 heteroatoms. The summed E-state index contributed by atoms with van der Waals surface area (Å²) in [6, 6.07) is 0. The molecule has 138 valence electrons. The van der Waals surface area contributed by atoms with Crippen LogP contribution in [0.25, 0.3) is 0 Å². The molecule has 1 aromatic heterocycles. The number of allylic oxidation sites excluding steroid dienone is 1. The largest absolute Gasteiger partial charge is 0.478 e. The molecule has 0 spiro atoms. The Morgan fingerprint density at radius 1 is 1.48 bits per heavy atom. The Hall–Kier alpha value is -1.92. The van der Waals surface area contributed by atoms with Crippen LogP contribution in [-0.4, -0.2) is 33.4 Å². The second kappa shape index (κ2) is 10.2.